The summed E-state index contributed by atoms with van der Waals surface area (Å²) in [5.41, 5.74) is 8.95. The maximum atomic E-state index is 5.56. The Balaban J connectivity index is 2.13. The monoisotopic (exact) mass is 232 g/mol. The summed E-state index contributed by atoms with van der Waals surface area (Å²) in [5.74, 6) is 1.55. The molecule has 3 nitrogen and oxygen atoms in total. The van der Waals surface area contributed by atoms with Crippen LogP contribution in [0.1, 0.15) is 12.0 Å². The molecule has 0 amide bonds. The molecule has 1 aromatic heterocycles. The fourth-order valence-electron chi connectivity index (χ4n) is 2.01. The third-order valence-corrected chi connectivity index (χ3v) is 4.00. The molecule has 1 aliphatic rings. The molecule has 1 aliphatic heterocycles. The van der Waals surface area contributed by atoms with E-state index < -0.39 is 0 Å². The fraction of sp³-hybridized carbons (Fsp3) is 0.250. The zero-order chi connectivity index (χ0) is 11.0. The molecule has 0 saturated heterocycles. The minimum Gasteiger partial charge on any atom is -0.368 e. The standard InChI is InChI=1S/C12H12N2OS/c13-11-7-10(14-15-11)9-5-1-3-8-4-2-6-16-12(8)9/h1,3,5,7H,2,4,6,13H2. The van der Waals surface area contributed by atoms with E-state index in [-0.39, 0.29) is 0 Å². The van der Waals surface area contributed by atoms with Crippen LogP contribution < -0.4 is 5.73 Å². The Hall–Kier alpha value is -1.42. The normalized spacial score (nSPS) is 14.8. The van der Waals surface area contributed by atoms with Crippen LogP contribution in [0.15, 0.2) is 33.7 Å². The van der Waals surface area contributed by atoms with E-state index in [2.05, 4.69) is 23.4 Å². The quantitative estimate of drug-likeness (QED) is 0.821. The highest BCUT2D eigenvalue weighted by Gasteiger charge is 2.16. The predicted octanol–water partition coefficient (Wildman–Crippen LogP) is 2.96. The first-order valence-electron chi connectivity index (χ1n) is 5.32. The maximum Gasteiger partial charge on any atom is 0.222 e. The lowest BCUT2D eigenvalue weighted by atomic mass is 10.0. The van der Waals surface area contributed by atoms with Crippen molar-refractivity contribution in [3.8, 4) is 11.3 Å². The second kappa shape index (κ2) is 3.87. The second-order valence-electron chi connectivity index (χ2n) is 3.86. The zero-order valence-corrected chi connectivity index (χ0v) is 9.59. The minimum atomic E-state index is 0.369. The largest absolute Gasteiger partial charge is 0.368 e. The second-order valence-corrected chi connectivity index (χ2v) is 4.97. The third kappa shape index (κ3) is 1.59. The lowest BCUT2D eigenvalue weighted by Crippen LogP contribution is -1.99. The van der Waals surface area contributed by atoms with Crippen molar-refractivity contribution in [2.75, 3.05) is 11.5 Å². The molecule has 2 aromatic rings. The Kier molecular flexibility index (Phi) is 2.36. The highest BCUT2D eigenvalue weighted by atomic mass is 32.2. The Labute approximate surface area is 98.0 Å². The molecular formula is C12H12N2OS. The zero-order valence-electron chi connectivity index (χ0n) is 8.77. The number of nitrogens with two attached hydrogens (primary N) is 1. The molecule has 0 radical (unpaired) electrons. The number of benzene rings is 1. The van der Waals surface area contributed by atoms with Gasteiger partial charge in [0.1, 0.15) is 5.69 Å². The average Bonchev–Trinajstić information content (AvgIpc) is 2.75. The van der Waals surface area contributed by atoms with E-state index >= 15 is 0 Å². The van der Waals surface area contributed by atoms with E-state index in [1.54, 1.807) is 6.07 Å². The van der Waals surface area contributed by atoms with Crippen molar-refractivity contribution in [1.82, 2.24) is 5.16 Å². The van der Waals surface area contributed by atoms with Gasteiger partial charge in [-0.15, -0.1) is 11.8 Å². The summed E-state index contributed by atoms with van der Waals surface area (Å²) in [5, 5.41) is 3.98. The minimum absolute atomic E-state index is 0.369. The highest BCUT2D eigenvalue weighted by molar-refractivity contribution is 7.99. The van der Waals surface area contributed by atoms with Crippen LogP contribution in [0.4, 0.5) is 5.88 Å². The molecular weight excluding hydrogens is 220 g/mol. The third-order valence-electron chi connectivity index (χ3n) is 2.74. The number of aryl methyl sites for hydroxylation is 1. The number of hydrogen-bond donors (Lipinski definition) is 1. The molecule has 0 bridgehead atoms. The van der Waals surface area contributed by atoms with Crippen LogP contribution >= 0.6 is 11.8 Å². The first-order valence-corrected chi connectivity index (χ1v) is 6.30. The number of thioether (sulfide) groups is 1. The van der Waals surface area contributed by atoms with Gasteiger partial charge in [-0.25, -0.2) is 0 Å². The molecule has 0 aliphatic carbocycles. The first-order chi connectivity index (χ1) is 7.84. The molecule has 0 spiro atoms. The summed E-state index contributed by atoms with van der Waals surface area (Å²) >= 11 is 1.90. The summed E-state index contributed by atoms with van der Waals surface area (Å²) in [6.07, 6.45) is 2.41. The van der Waals surface area contributed by atoms with Crippen molar-refractivity contribution in [2.45, 2.75) is 17.7 Å². The Morgan fingerprint density at radius 2 is 2.31 bits per heavy atom. The summed E-state index contributed by atoms with van der Waals surface area (Å²) in [7, 11) is 0. The van der Waals surface area contributed by atoms with Crippen molar-refractivity contribution >= 4 is 17.6 Å². The van der Waals surface area contributed by atoms with Crippen molar-refractivity contribution < 1.29 is 4.52 Å². The summed E-state index contributed by atoms with van der Waals surface area (Å²) in [6.45, 7) is 0. The molecule has 16 heavy (non-hydrogen) atoms. The fourth-order valence-corrected chi connectivity index (χ4v) is 3.18. The molecule has 0 unspecified atom stereocenters. The van der Waals surface area contributed by atoms with Crippen LogP contribution in [0.3, 0.4) is 0 Å². The van der Waals surface area contributed by atoms with Crippen molar-refractivity contribution in [2.24, 2.45) is 0 Å². The van der Waals surface area contributed by atoms with Crippen LogP contribution in [-0.4, -0.2) is 10.9 Å². The van der Waals surface area contributed by atoms with E-state index in [4.69, 9.17) is 10.3 Å². The number of hydrogen-bond acceptors (Lipinski definition) is 4. The van der Waals surface area contributed by atoms with E-state index in [0.29, 0.717) is 5.88 Å². The summed E-state index contributed by atoms with van der Waals surface area (Å²) in [6, 6.07) is 8.12. The molecule has 82 valence electrons. The molecule has 4 heteroatoms. The van der Waals surface area contributed by atoms with Crippen LogP contribution in [0.5, 0.6) is 0 Å². The molecule has 0 fully saturated rings. The van der Waals surface area contributed by atoms with Crippen molar-refractivity contribution in [3.63, 3.8) is 0 Å². The van der Waals surface area contributed by atoms with E-state index in [1.807, 2.05) is 11.8 Å². The highest BCUT2D eigenvalue weighted by Crippen LogP contribution is 2.38. The number of aromatic nitrogens is 1. The number of nitrogen functional groups attached to an aromatic ring is 1. The van der Waals surface area contributed by atoms with Gasteiger partial charge < -0.3 is 10.3 Å². The molecule has 1 aromatic carbocycles. The van der Waals surface area contributed by atoms with Gasteiger partial charge in [-0.1, -0.05) is 23.4 Å². The topological polar surface area (TPSA) is 52.0 Å². The first kappa shape index (κ1) is 9.78. The summed E-state index contributed by atoms with van der Waals surface area (Å²) < 4.78 is 4.93. The lowest BCUT2D eigenvalue weighted by molar-refractivity contribution is 0.439. The van der Waals surface area contributed by atoms with Crippen LogP contribution in [0.2, 0.25) is 0 Å². The number of nitrogens with zero attached hydrogens (tertiary/aromatic N) is 1. The van der Waals surface area contributed by atoms with Gasteiger partial charge in [0.15, 0.2) is 0 Å². The van der Waals surface area contributed by atoms with Crippen molar-refractivity contribution in [1.29, 1.82) is 0 Å². The van der Waals surface area contributed by atoms with Gasteiger partial charge in [-0.2, -0.15) is 0 Å². The van der Waals surface area contributed by atoms with Gasteiger partial charge in [0.25, 0.3) is 0 Å². The molecule has 0 saturated carbocycles. The van der Waals surface area contributed by atoms with Crippen LogP contribution in [0, 0.1) is 0 Å². The van der Waals surface area contributed by atoms with Gasteiger partial charge in [0.2, 0.25) is 5.88 Å². The summed E-state index contributed by atoms with van der Waals surface area (Å²) in [4.78, 5) is 1.34. The van der Waals surface area contributed by atoms with Gasteiger partial charge in [0, 0.05) is 16.5 Å². The van der Waals surface area contributed by atoms with Crippen molar-refractivity contribution in [3.05, 3.63) is 29.8 Å². The molecule has 3 rings (SSSR count). The average molecular weight is 232 g/mol. The SMILES string of the molecule is Nc1cc(-c2cccc3c2SCCC3)no1. The lowest BCUT2D eigenvalue weighted by Gasteiger charge is -2.17. The van der Waals surface area contributed by atoms with Crippen LogP contribution in [-0.2, 0) is 6.42 Å². The van der Waals surface area contributed by atoms with Gasteiger partial charge in [-0.3, -0.25) is 0 Å². The number of fused-ring (bicyclic) bond motifs is 1. The van der Waals surface area contributed by atoms with E-state index in [0.717, 1.165) is 17.7 Å². The van der Waals surface area contributed by atoms with Gasteiger partial charge in [0.05, 0.1) is 0 Å². The van der Waals surface area contributed by atoms with Gasteiger partial charge >= 0.3 is 0 Å². The molecule has 2 heterocycles. The Morgan fingerprint density at radius 3 is 3.12 bits per heavy atom. The smallest absolute Gasteiger partial charge is 0.222 e. The Morgan fingerprint density at radius 1 is 1.38 bits per heavy atom. The Bertz CT molecular complexity index is 521. The maximum absolute atomic E-state index is 5.56. The number of anilines is 1. The number of rotatable bonds is 1. The van der Waals surface area contributed by atoms with Crippen LogP contribution in [0.25, 0.3) is 11.3 Å². The molecule has 0 atom stereocenters. The van der Waals surface area contributed by atoms with E-state index in [1.165, 1.54) is 22.6 Å². The molecule has 2 N–H and O–H groups in total. The van der Waals surface area contributed by atoms with E-state index in [9.17, 15) is 0 Å². The van der Waals surface area contributed by atoms with Gasteiger partial charge in [-0.05, 0) is 24.2 Å². The predicted molar refractivity (Wildman–Crippen MR) is 65.4 cm³/mol.